The van der Waals surface area contributed by atoms with E-state index in [2.05, 4.69) is 24.3 Å². The van der Waals surface area contributed by atoms with Crippen LogP contribution in [0, 0.1) is 5.92 Å². The summed E-state index contributed by atoms with van der Waals surface area (Å²) in [6.45, 7) is 0. The van der Waals surface area contributed by atoms with Crippen molar-refractivity contribution in [2.45, 2.75) is 36.7 Å². The van der Waals surface area contributed by atoms with Crippen LogP contribution in [0.15, 0.2) is 54.6 Å². The molecule has 2 nitrogen and oxygen atoms in total. The number of hydrogen-bond donors (Lipinski definition) is 1. The molecule has 2 aliphatic carbocycles. The third-order valence-corrected chi connectivity index (χ3v) is 6.02. The average molecular weight is 294 g/mol. The molecule has 1 atom stereocenters. The number of ether oxygens (including phenoxy) is 1. The second kappa shape index (κ2) is 4.85. The molecule has 22 heavy (non-hydrogen) atoms. The smallest absolute Gasteiger partial charge is 0.118 e. The predicted molar refractivity (Wildman–Crippen MR) is 87.0 cm³/mol. The molecule has 2 saturated carbocycles. The standard InChI is InChI=1S/C20H22O2/c1-22-18-9-7-16(8-10-18)20(21)17-11-13-19(20,14-12-17)15-5-3-2-4-6-15/h2-10,17,21H,11-14H2,1H3. The normalized spacial score (nSPS) is 33.1. The van der Waals surface area contributed by atoms with Crippen LogP contribution in [-0.4, -0.2) is 12.2 Å². The summed E-state index contributed by atoms with van der Waals surface area (Å²) in [7, 11) is 1.68. The summed E-state index contributed by atoms with van der Waals surface area (Å²) < 4.78 is 5.26. The van der Waals surface area contributed by atoms with E-state index in [-0.39, 0.29) is 5.41 Å². The Morgan fingerprint density at radius 2 is 1.55 bits per heavy atom. The molecule has 0 aliphatic heterocycles. The number of rotatable bonds is 3. The lowest BCUT2D eigenvalue weighted by atomic mass is 9.67. The quantitative estimate of drug-likeness (QED) is 0.926. The Morgan fingerprint density at radius 3 is 2.14 bits per heavy atom. The van der Waals surface area contributed by atoms with Crippen LogP contribution in [0.2, 0.25) is 0 Å². The van der Waals surface area contributed by atoms with Crippen molar-refractivity contribution in [3.8, 4) is 5.75 Å². The van der Waals surface area contributed by atoms with Gasteiger partial charge >= 0.3 is 0 Å². The molecule has 1 unspecified atom stereocenters. The van der Waals surface area contributed by atoms with Gasteiger partial charge in [-0.15, -0.1) is 0 Å². The molecule has 2 aromatic rings. The highest BCUT2D eigenvalue weighted by Gasteiger charge is 2.64. The van der Waals surface area contributed by atoms with Crippen LogP contribution in [0.3, 0.4) is 0 Å². The number of hydrogen-bond acceptors (Lipinski definition) is 2. The first-order valence-corrected chi connectivity index (χ1v) is 8.13. The van der Waals surface area contributed by atoms with Gasteiger partial charge in [-0.1, -0.05) is 42.5 Å². The van der Waals surface area contributed by atoms with Crippen LogP contribution in [0.1, 0.15) is 36.8 Å². The number of aliphatic hydroxyl groups is 1. The average Bonchev–Trinajstić information content (AvgIpc) is 3.06. The second-order valence-electron chi connectivity index (χ2n) is 6.72. The monoisotopic (exact) mass is 294 g/mol. The Hall–Kier alpha value is -1.80. The molecule has 4 rings (SSSR count). The molecule has 0 aromatic heterocycles. The van der Waals surface area contributed by atoms with Gasteiger partial charge in [-0.25, -0.2) is 0 Å². The van der Waals surface area contributed by atoms with Crippen molar-refractivity contribution in [1.29, 1.82) is 0 Å². The molecule has 2 bridgehead atoms. The zero-order valence-electron chi connectivity index (χ0n) is 13.0. The molecule has 0 saturated heterocycles. The largest absolute Gasteiger partial charge is 0.497 e. The minimum absolute atomic E-state index is 0.131. The molecule has 2 aromatic carbocycles. The topological polar surface area (TPSA) is 29.5 Å². The second-order valence-corrected chi connectivity index (χ2v) is 6.72. The van der Waals surface area contributed by atoms with Crippen molar-refractivity contribution in [2.75, 3.05) is 7.11 Å². The van der Waals surface area contributed by atoms with E-state index in [1.54, 1.807) is 7.11 Å². The molecule has 0 spiro atoms. The summed E-state index contributed by atoms with van der Waals surface area (Å²) in [5, 5.41) is 11.8. The van der Waals surface area contributed by atoms with Crippen molar-refractivity contribution in [3.63, 3.8) is 0 Å². The maximum atomic E-state index is 11.8. The van der Waals surface area contributed by atoms with E-state index in [9.17, 15) is 5.11 Å². The highest BCUT2D eigenvalue weighted by molar-refractivity contribution is 5.43. The molecular weight excluding hydrogens is 272 g/mol. The highest BCUT2D eigenvalue weighted by Crippen LogP contribution is 2.65. The van der Waals surface area contributed by atoms with Gasteiger partial charge < -0.3 is 9.84 Å². The number of benzene rings is 2. The molecule has 0 heterocycles. The summed E-state index contributed by atoms with van der Waals surface area (Å²) in [5.74, 6) is 1.20. The first-order valence-electron chi connectivity index (χ1n) is 8.13. The van der Waals surface area contributed by atoms with Crippen LogP contribution >= 0.6 is 0 Å². The highest BCUT2D eigenvalue weighted by atomic mass is 16.5. The van der Waals surface area contributed by atoms with Crippen LogP contribution < -0.4 is 4.74 Å². The zero-order valence-corrected chi connectivity index (χ0v) is 13.0. The fourth-order valence-corrected chi connectivity index (χ4v) is 4.92. The molecule has 0 amide bonds. The third kappa shape index (κ3) is 1.65. The molecular formula is C20H22O2. The fraction of sp³-hybridized carbons (Fsp3) is 0.400. The van der Waals surface area contributed by atoms with Crippen LogP contribution in [-0.2, 0) is 11.0 Å². The van der Waals surface area contributed by atoms with Gasteiger partial charge in [0.2, 0.25) is 0 Å². The summed E-state index contributed by atoms with van der Waals surface area (Å²) in [5.41, 5.74) is 1.44. The summed E-state index contributed by atoms with van der Waals surface area (Å²) in [6.07, 6.45) is 4.36. The maximum Gasteiger partial charge on any atom is 0.118 e. The van der Waals surface area contributed by atoms with Gasteiger partial charge in [-0.3, -0.25) is 0 Å². The number of fused-ring (bicyclic) bond motifs is 2. The van der Waals surface area contributed by atoms with E-state index < -0.39 is 5.60 Å². The Balaban J connectivity index is 1.84. The third-order valence-electron chi connectivity index (χ3n) is 6.02. The first-order chi connectivity index (χ1) is 10.7. The van der Waals surface area contributed by atoms with Gasteiger partial charge in [-0.05, 0) is 54.9 Å². The molecule has 114 valence electrons. The lowest BCUT2D eigenvalue weighted by Gasteiger charge is -2.40. The lowest BCUT2D eigenvalue weighted by Crippen LogP contribution is -2.43. The van der Waals surface area contributed by atoms with Crippen molar-refractivity contribution in [2.24, 2.45) is 5.92 Å². The minimum Gasteiger partial charge on any atom is -0.497 e. The lowest BCUT2D eigenvalue weighted by molar-refractivity contribution is -0.0280. The van der Waals surface area contributed by atoms with Crippen LogP contribution in [0.4, 0.5) is 0 Å². The van der Waals surface area contributed by atoms with E-state index in [1.807, 2.05) is 30.3 Å². The summed E-state index contributed by atoms with van der Waals surface area (Å²) >= 11 is 0. The summed E-state index contributed by atoms with van der Waals surface area (Å²) in [6, 6.07) is 18.6. The SMILES string of the molecule is COc1ccc(C2(O)C3CCC2(c2ccccc2)CC3)cc1. The Morgan fingerprint density at radius 1 is 0.909 bits per heavy atom. The van der Waals surface area contributed by atoms with Gasteiger partial charge in [0.05, 0.1) is 7.11 Å². The Labute approximate surface area is 131 Å². The van der Waals surface area contributed by atoms with Gasteiger partial charge in [0.15, 0.2) is 0 Å². The minimum atomic E-state index is -0.749. The van der Waals surface area contributed by atoms with Crippen molar-refractivity contribution in [3.05, 3.63) is 65.7 Å². The van der Waals surface area contributed by atoms with E-state index in [1.165, 1.54) is 5.56 Å². The maximum absolute atomic E-state index is 11.8. The van der Waals surface area contributed by atoms with E-state index in [0.717, 1.165) is 37.0 Å². The van der Waals surface area contributed by atoms with Crippen molar-refractivity contribution >= 4 is 0 Å². The molecule has 1 N–H and O–H groups in total. The Bertz CT molecular complexity index is 654. The van der Waals surface area contributed by atoms with E-state index in [4.69, 9.17) is 4.74 Å². The van der Waals surface area contributed by atoms with Gasteiger partial charge in [0, 0.05) is 5.41 Å². The fourth-order valence-electron chi connectivity index (χ4n) is 4.92. The molecule has 2 fully saturated rings. The van der Waals surface area contributed by atoms with Crippen molar-refractivity contribution in [1.82, 2.24) is 0 Å². The number of methoxy groups -OCH3 is 1. The van der Waals surface area contributed by atoms with Crippen LogP contribution in [0.5, 0.6) is 5.75 Å². The van der Waals surface area contributed by atoms with Crippen LogP contribution in [0.25, 0.3) is 0 Å². The predicted octanol–water partition coefficient (Wildman–Crippen LogP) is 4.02. The zero-order chi connectivity index (χ0) is 15.2. The molecule has 2 heteroatoms. The van der Waals surface area contributed by atoms with E-state index >= 15 is 0 Å². The molecule has 0 radical (unpaired) electrons. The Kier molecular flexibility index (Phi) is 3.05. The van der Waals surface area contributed by atoms with Gasteiger partial charge in [-0.2, -0.15) is 0 Å². The van der Waals surface area contributed by atoms with Crippen molar-refractivity contribution < 1.29 is 9.84 Å². The van der Waals surface area contributed by atoms with Gasteiger partial charge in [0.1, 0.15) is 11.4 Å². The van der Waals surface area contributed by atoms with Gasteiger partial charge in [0.25, 0.3) is 0 Å². The van der Waals surface area contributed by atoms with E-state index in [0.29, 0.717) is 5.92 Å². The molecule has 2 aliphatic rings. The first kappa shape index (κ1) is 13.8. The summed E-state index contributed by atoms with van der Waals surface area (Å²) in [4.78, 5) is 0.